The van der Waals surface area contributed by atoms with Crippen LogP contribution >= 0.6 is 31.9 Å². The second-order valence-electron chi connectivity index (χ2n) is 4.10. The molecule has 0 unspecified atom stereocenters. The molecule has 19 heavy (non-hydrogen) atoms. The maximum absolute atomic E-state index is 11.2. The van der Waals surface area contributed by atoms with E-state index >= 15 is 0 Å². The van der Waals surface area contributed by atoms with E-state index in [0.717, 1.165) is 20.2 Å². The first kappa shape index (κ1) is 14.1. The first-order valence-corrected chi connectivity index (χ1v) is 7.12. The van der Waals surface area contributed by atoms with Crippen LogP contribution in [0.3, 0.4) is 0 Å². The standard InChI is InChI=1S/C14H11Br2NO2/c1-8-2-4-10(14(18)19)12(6-8)17-13-7-9(15)3-5-11(13)16/h2-7,17H,1H3,(H,18,19). The van der Waals surface area contributed by atoms with Crippen LogP contribution in [0.15, 0.2) is 45.3 Å². The first-order valence-electron chi connectivity index (χ1n) is 5.53. The number of aromatic carboxylic acids is 1. The van der Waals surface area contributed by atoms with Crippen molar-refractivity contribution in [1.29, 1.82) is 0 Å². The van der Waals surface area contributed by atoms with Crippen LogP contribution in [0.4, 0.5) is 11.4 Å². The Bertz CT molecular complexity index is 641. The van der Waals surface area contributed by atoms with Crippen LogP contribution in [0.1, 0.15) is 15.9 Å². The third-order valence-electron chi connectivity index (χ3n) is 2.60. The Morgan fingerprint density at radius 2 is 1.84 bits per heavy atom. The van der Waals surface area contributed by atoms with Crippen molar-refractivity contribution in [3.05, 3.63) is 56.5 Å². The van der Waals surface area contributed by atoms with Crippen molar-refractivity contribution in [2.75, 3.05) is 5.32 Å². The molecule has 0 atom stereocenters. The molecule has 2 aromatic carbocycles. The van der Waals surface area contributed by atoms with Gasteiger partial charge < -0.3 is 10.4 Å². The second-order valence-corrected chi connectivity index (χ2v) is 5.87. The lowest BCUT2D eigenvalue weighted by Crippen LogP contribution is -2.03. The molecule has 2 N–H and O–H groups in total. The van der Waals surface area contributed by atoms with Crippen molar-refractivity contribution < 1.29 is 9.90 Å². The molecule has 0 heterocycles. The van der Waals surface area contributed by atoms with Gasteiger partial charge in [0.2, 0.25) is 0 Å². The molecule has 0 spiro atoms. The van der Waals surface area contributed by atoms with Gasteiger partial charge in [0.1, 0.15) is 0 Å². The molecule has 0 saturated heterocycles. The SMILES string of the molecule is Cc1ccc(C(=O)O)c(Nc2cc(Br)ccc2Br)c1. The zero-order valence-corrected chi connectivity index (χ0v) is 13.2. The largest absolute Gasteiger partial charge is 0.478 e. The van der Waals surface area contributed by atoms with Crippen LogP contribution in [-0.2, 0) is 0 Å². The highest BCUT2D eigenvalue weighted by Crippen LogP contribution is 2.30. The average Bonchev–Trinajstić information content (AvgIpc) is 2.33. The highest BCUT2D eigenvalue weighted by molar-refractivity contribution is 9.11. The predicted octanol–water partition coefficient (Wildman–Crippen LogP) is 4.96. The highest BCUT2D eigenvalue weighted by Gasteiger charge is 2.11. The number of carbonyl (C=O) groups is 1. The fourth-order valence-electron chi connectivity index (χ4n) is 1.69. The van der Waals surface area contributed by atoms with Crippen molar-refractivity contribution >= 4 is 49.2 Å². The number of halogens is 2. The summed E-state index contributed by atoms with van der Waals surface area (Å²) >= 11 is 6.83. The van der Waals surface area contributed by atoms with E-state index in [9.17, 15) is 9.90 Å². The lowest BCUT2D eigenvalue weighted by Gasteiger charge is -2.12. The molecule has 5 heteroatoms. The number of hydrogen-bond acceptors (Lipinski definition) is 2. The summed E-state index contributed by atoms with van der Waals surface area (Å²) < 4.78 is 1.79. The van der Waals surface area contributed by atoms with Crippen LogP contribution in [0.5, 0.6) is 0 Å². The Labute approximate surface area is 127 Å². The summed E-state index contributed by atoms with van der Waals surface area (Å²) in [7, 11) is 0. The molecule has 0 saturated carbocycles. The van der Waals surface area contributed by atoms with E-state index < -0.39 is 5.97 Å². The fourth-order valence-corrected chi connectivity index (χ4v) is 2.39. The van der Waals surface area contributed by atoms with Crippen LogP contribution in [0.2, 0.25) is 0 Å². The van der Waals surface area contributed by atoms with E-state index in [4.69, 9.17) is 0 Å². The molecule has 2 rings (SSSR count). The summed E-state index contributed by atoms with van der Waals surface area (Å²) in [6, 6.07) is 10.9. The van der Waals surface area contributed by atoms with E-state index in [1.807, 2.05) is 31.2 Å². The Kier molecular flexibility index (Phi) is 4.27. The third kappa shape index (κ3) is 3.36. The maximum atomic E-state index is 11.2. The molecule has 0 aliphatic carbocycles. The Morgan fingerprint density at radius 3 is 2.53 bits per heavy atom. The summed E-state index contributed by atoms with van der Waals surface area (Å²) in [5, 5.41) is 12.3. The number of rotatable bonds is 3. The normalized spacial score (nSPS) is 10.3. The number of carboxylic acid groups (broad SMARTS) is 1. The number of carboxylic acids is 1. The van der Waals surface area contributed by atoms with Gasteiger partial charge in [-0.3, -0.25) is 0 Å². The van der Waals surface area contributed by atoms with Gasteiger partial charge in [0.15, 0.2) is 0 Å². The van der Waals surface area contributed by atoms with E-state index in [0.29, 0.717) is 5.69 Å². The minimum absolute atomic E-state index is 0.248. The highest BCUT2D eigenvalue weighted by atomic mass is 79.9. The molecule has 3 nitrogen and oxygen atoms in total. The number of nitrogens with one attached hydrogen (secondary N) is 1. The van der Waals surface area contributed by atoms with Gasteiger partial charge in [-0.1, -0.05) is 22.0 Å². The molecule has 98 valence electrons. The van der Waals surface area contributed by atoms with Crippen LogP contribution < -0.4 is 5.32 Å². The summed E-state index contributed by atoms with van der Waals surface area (Å²) in [5.41, 5.74) is 2.63. The second kappa shape index (κ2) is 5.75. The van der Waals surface area contributed by atoms with Gasteiger partial charge in [-0.05, 0) is 58.7 Å². The maximum Gasteiger partial charge on any atom is 0.337 e. The zero-order valence-electron chi connectivity index (χ0n) is 10.1. The van der Waals surface area contributed by atoms with Gasteiger partial charge in [0.25, 0.3) is 0 Å². The van der Waals surface area contributed by atoms with Crippen molar-refractivity contribution in [3.8, 4) is 0 Å². The van der Waals surface area contributed by atoms with Crippen LogP contribution in [-0.4, -0.2) is 11.1 Å². The molecule has 0 fully saturated rings. The minimum atomic E-state index is -0.950. The van der Waals surface area contributed by atoms with Crippen LogP contribution in [0, 0.1) is 6.92 Å². The predicted molar refractivity (Wildman–Crippen MR) is 83.3 cm³/mol. The van der Waals surface area contributed by atoms with E-state index in [1.165, 1.54) is 0 Å². The summed E-state index contributed by atoms with van der Waals surface area (Å²) in [6.07, 6.45) is 0. The Hall–Kier alpha value is -1.33. The first-order chi connectivity index (χ1) is 8.97. The molecule has 0 aliphatic rings. The minimum Gasteiger partial charge on any atom is -0.478 e. The van der Waals surface area contributed by atoms with Crippen molar-refractivity contribution in [2.45, 2.75) is 6.92 Å². The van der Waals surface area contributed by atoms with Crippen molar-refractivity contribution in [2.24, 2.45) is 0 Å². The molecule has 0 amide bonds. The summed E-state index contributed by atoms with van der Waals surface area (Å²) in [6.45, 7) is 1.92. The third-order valence-corrected chi connectivity index (χ3v) is 3.79. The Morgan fingerprint density at radius 1 is 1.11 bits per heavy atom. The fraction of sp³-hybridized carbons (Fsp3) is 0.0714. The molecule has 0 bridgehead atoms. The van der Waals surface area contributed by atoms with Gasteiger partial charge in [-0.2, -0.15) is 0 Å². The van der Waals surface area contributed by atoms with Gasteiger partial charge in [-0.15, -0.1) is 0 Å². The lowest BCUT2D eigenvalue weighted by atomic mass is 10.1. The number of anilines is 2. The molecule has 0 radical (unpaired) electrons. The van der Waals surface area contributed by atoms with Crippen molar-refractivity contribution in [3.63, 3.8) is 0 Å². The average molecular weight is 385 g/mol. The molecule has 0 aliphatic heterocycles. The summed E-state index contributed by atoms with van der Waals surface area (Å²) in [4.78, 5) is 11.2. The van der Waals surface area contributed by atoms with Gasteiger partial charge in [0.05, 0.1) is 16.9 Å². The molecular weight excluding hydrogens is 374 g/mol. The van der Waals surface area contributed by atoms with Gasteiger partial charge >= 0.3 is 5.97 Å². The lowest BCUT2D eigenvalue weighted by molar-refractivity contribution is 0.0698. The van der Waals surface area contributed by atoms with Crippen molar-refractivity contribution in [1.82, 2.24) is 0 Å². The van der Waals surface area contributed by atoms with Gasteiger partial charge in [-0.25, -0.2) is 4.79 Å². The number of hydrogen-bond donors (Lipinski definition) is 2. The summed E-state index contributed by atoms with van der Waals surface area (Å²) in [5.74, 6) is -0.950. The number of benzene rings is 2. The molecular formula is C14H11Br2NO2. The monoisotopic (exact) mass is 383 g/mol. The molecule has 2 aromatic rings. The zero-order chi connectivity index (χ0) is 14.0. The number of aryl methyl sites for hydroxylation is 1. The van der Waals surface area contributed by atoms with Gasteiger partial charge in [0, 0.05) is 8.95 Å². The van der Waals surface area contributed by atoms with E-state index in [-0.39, 0.29) is 5.56 Å². The van der Waals surface area contributed by atoms with E-state index in [2.05, 4.69) is 37.2 Å². The van der Waals surface area contributed by atoms with E-state index in [1.54, 1.807) is 12.1 Å². The molecule has 0 aromatic heterocycles. The topological polar surface area (TPSA) is 49.3 Å². The quantitative estimate of drug-likeness (QED) is 0.785. The smallest absolute Gasteiger partial charge is 0.337 e. The van der Waals surface area contributed by atoms with Crippen LogP contribution in [0.25, 0.3) is 0 Å². The Balaban J connectivity index is 2.45.